The van der Waals surface area contributed by atoms with Crippen molar-refractivity contribution in [1.29, 1.82) is 0 Å². The van der Waals surface area contributed by atoms with E-state index < -0.39 is 18.3 Å². The van der Waals surface area contributed by atoms with Gasteiger partial charge in [0.2, 0.25) is 0 Å². The summed E-state index contributed by atoms with van der Waals surface area (Å²) in [6.07, 6.45) is 0. The van der Waals surface area contributed by atoms with Gasteiger partial charge in [0.25, 0.3) is 5.92 Å². The molecular weight excluding hydrogens is 275 g/mol. The second-order valence-electron chi connectivity index (χ2n) is 4.05. The zero-order valence-electron chi connectivity index (χ0n) is 9.84. The lowest BCUT2D eigenvalue weighted by Gasteiger charge is -2.18. The molecule has 0 radical (unpaired) electrons. The minimum Gasteiger partial charge on any atom is -0.377 e. The molecule has 0 saturated heterocycles. The highest BCUT2D eigenvalue weighted by molar-refractivity contribution is 6.33. The van der Waals surface area contributed by atoms with Crippen LogP contribution in [0.5, 0.6) is 0 Å². The van der Waals surface area contributed by atoms with Crippen molar-refractivity contribution in [3.8, 4) is 0 Å². The van der Waals surface area contributed by atoms with E-state index in [9.17, 15) is 13.2 Å². The molecule has 0 saturated carbocycles. The molecule has 0 spiro atoms. The number of halogens is 4. The molecule has 100 valence electrons. The Kier molecular flexibility index (Phi) is 4.00. The lowest BCUT2D eigenvalue weighted by molar-refractivity contribution is 0.0106. The fraction of sp³-hybridized carbons (Fsp3) is 0.143. The zero-order valence-corrected chi connectivity index (χ0v) is 10.6. The largest absolute Gasteiger partial charge is 0.377 e. The van der Waals surface area contributed by atoms with Crippen LogP contribution in [0.25, 0.3) is 0 Å². The van der Waals surface area contributed by atoms with Crippen molar-refractivity contribution in [2.75, 3.05) is 11.9 Å². The molecule has 0 bridgehead atoms. The van der Waals surface area contributed by atoms with Gasteiger partial charge in [-0.05, 0) is 18.2 Å². The molecule has 0 aliphatic carbocycles. The first kappa shape index (κ1) is 13.7. The molecule has 1 nitrogen and oxygen atoms in total. The van der Waals surface area contributed by atoms with E-state index in [-0.39, 0.29) is 16.3 Å². The Balaban J connectivity index is 2.09. The van der Waals surface area contributed by atoms with E-state index in [0.717, 1.165) is 12.1 Å². The first-order valence-electron chi connectivity index (χ1n) is 5.61. The maximum Gasteiger partial charge on any atom is 0.290 e. The zero-order chi connectivity index (χ0) is 13.9. The molecule has 2 aromatic carbocycles. The van der Waals surface area contributed by atoms with Gasteiger partial charge in [-0.1, -0.05) is 41.9 Å². The van der Waals surface area contributed by atoms with Gasteiger partial charge in [-0.2, -0.15) is 8.78 Å². The maximum atomic E-state index is 13.9. The van der Waals surface area contributed by atoms with Gasteiger partial charge >= 0.3 is 0 Å². The van der Waals surface area contributed by atoms with Gasteiger partial charge in [-0.15, -0.1) is 0 Å². The van der Waals surface area contributed by atoms with Gasteiger partial charge in [0.05, 0.1) is 17.3 Å². The van der Waals surface area contributed by atoms with Gasteiger partial charge < -0.3 is 5.32 Å². The summed E-state index contributed by atoms with van der Waals surface area (Å²) in [5, 5.41) is 2.60. The maximum absolute atomic E-state index is 13.9. The van der Waals surface area contributed by atoms with E-state index in [4.69, 9.17) is 11.6 Å². The van der Waals surface area contributed by atoms with Crippen molar-refractivity contribution in [2.24, 2.45) is 0 Å². The first-order valence-corrected chi connectivity index (χ1v) is 5.99. The Hall–Kier alpha value is -1.68. The number of nitrogens with one attached hydrogen (secondary N) is 1. The molecule has 0 aliphatic rings. The highest BCUT2D eigenvalue weighted by Gasteiger charge is 2.31. The van der Waals surface area contributed by atoms with Crippen LogP contribution in [0.3, 0.4) is 0 Å². The Morgan fingerprint density at radius 2 is 1.74 bits per heavy atom. The van der Waals surface area contributed by atoms with Gasteiger partial charge in [0.1, 0.15) is 5.82 Å². The number of rotatable bonds is 4. The van der Waals surface area contributed by atoms with E-state index in [1.807, 2.05) is 0 Å². The molecule has 1 N–H and O–H groups in total. The summed E-state index contributed by atoms with van der Waals surface area (Å²) in [6.45, 7) is -0.609. The van der Waals surface area contributed by atoms with Crippen molar-refractivity contribution >= 4 is 17.3 Å². The lowest BCUT2D eigenvalue weighted by atomic mass is 10.1. The van der Waals surface area contributed by atoms with Crippen LogP contribution in [-0.2, 0) is 5.92 Å². The summed E-state index contributed by atoms with van der Waals surface area (Å²) in [6, 6.07) is 11.0. The summed E-state index contributed by atoms with van der Waals surface area (Å²) in [5.74, 6) is -3.54. The van der Waals surface area contributed by atoms with Gasteiger partial charge in [-0.3, -0.25) is 0 Å². The predicted molar refractivity (Wildman–Crippen MR) is 70.2 cm³/mol. The quantitative estimate of drug-likeness (QED) is 0.860. The van der Waals surface area contributed by atoms with Crippen molar-refractivity contribution in [3.63, 3.8) is 0 Å². The lowest BCUT2D eigenvalue weighted by Crippen LogP contribution is -2.24. The van der Waals surface area contributed by atoms with E-state index in [1.165, 1.54) is 18.2 Å². The van der Waals surface area contributed by atoms with Crippen molar-refractivity contribution in [3.05, 3.63) is 64.9 Å². The molecule has 0 heterocycles. The minimum absolute atomic E-state index is 0.0730. The molecule has 0 atom stereocenters. The molecule has 0 amide bonds. The third kappa shape index (κ3) is 3.41. The van der Waals surface area contributed by atoms with Crippen LogP contribution in [-0.4, -0.2) is 6.54 Å². The van der Waals surface area contributed by atoms with Gasteiger partial charge in [0.15, 0.2) is 0 Å². The smallest absolute Gasteiger partial charge is 0.290 e. The summed E-state index contributed by atoms with van der Waals surface area (Å²) in [5.41, 5.74) is 0.194. The Labute approximate surface area is 114 Å². The van der Waals surface area contributed by atoms with Gasteiger partial charge in [-0.25, -0.2) is 4.39 Å². The Bertz CT molecular complexity index is 558. The molecular formula is C14H11ClF3N. The van der Waals surface area contributed by atoms with E-state index >= 15 is 0 Å². The summed E-state index contributed by atoms with van der Waals surface area (Å²) >= 11 is 5.76. The number of benzene rings is 2. The molecule has 2 aromatic rings. The SMILES string of the molecule is Fc1ccc(NCC(F)(F)c2ccccc2)c(Cl)c1. The molecule has 0 aliphatic heterocycles. The van der Waals surface area contributed by atoms with Gasteiger partial charge in [0, 0.05) is 5.56 Å². The topological polar surface area (TPSA) is 12.0 Å². The second-order valence-corrected chi connectivity index (χ2v) is 4.46. The molecule has 2 rings (SSSR count). The van der Waals surface area contributed by atoms with Crippen LogP contribution >= 0.6 is 11.6 Å². The monoisotopic (exact) mass is 285 g/mol. The highest BCUT2D eigenvalue weighted by Crippen LogP contribution is 2.29. The summed E-state index contributed by atoms with van der Waals surface area (Å²) in [4.78, 5) is 0. The molecule has 19 heavy (non-hydrogen) atoms. The van der Waals surface area contributed by atoms with Crippen molar-refractivity contribution < 1.29 is 13.2 Å². The van der Waals surface area contributed by atoms with Crippen LogP contribution in [0, 0.1) is 5.82 Å². The molecule has 0 aromatic heterocycles. The normalized spacial score (nSPS) is 11.4. The van der Waals surface area contributed by atoms with Crippen LogP contribution in [0.4, 0.5) is 18.9 Å². The fourth-order valence-electron chi connectivity index (χ4n) is 1.62. The number of hydrogen-bond donors (Lipinski definition) is 1. The Morgan fingerprint density at radius 3 is 2.37 bits per heavy atom. The van der Waals surface area contributed by atoms with E-state index in [0.29, 0.717) is 0 Å². The minimum atomic E-state index is -3.03. The standard InChI is InChI=1S/C14H11ClF3N/c15-12-8-11(16)6-7-13(12)19-9-14(17,18)10-4-2-1-3-5-10/h1-8,19H,9H2. The molecule has 0 fully saturated rings. The second kappa shape index (κ2) is 5.53. The van der Waals surface area contributed by atoms with Crippen LogP contribution in [0.15, 0.2) is 48.5 Å². The number of hydrogen-bond acceptors (Lipinski definition) is 1. The highest BCUT2D eigenvalue weighted by atomic mass is 35.5. The predicted octanol–water partition coefficient (Wildman–Crippen LogP) is 4.68. The Morgan fingerprint density at radius 1 is 1.05 bits per heavy atom. The molecule has 5 heteroatoms. The average molecular weight is 286 g/mol. The van der Waals surface area contributed by atoms with E-state index in [1.54, 1.807) is 18.2 Å². The molecule has 0 unspecified atom stereocenters. The third-order valence-corrected chi connectivity index (χ3v) is 2.94. The first-order chi connectivity index (χ1) is 8.99. The third-order valence-electron chi connectivity index (χ3n) is 2.63. The van der Waals surface area contributed by atoms with Crippen LogP contribution in [0.1, 0.15) is 5.56 Å². The van der Waals surface area contributed by atoms with Crippen molar-refractivity contribution in [1.82, 2.24) is 0 Å². The fourth-order valence-corrected chi connectivity index (χ4v) is 1.86. The van der Waals surface area contributed by atoms with Crippen LogP contribution in [0.2, 0.25) is 5.02 Å². The summed E-state index contributed by atoms with van der Waals surface area (Å²) in [7, 11) is 0. The van der Waals surface area contributed by atoms with Crippen molar-refractivity contribution in [2.45, 2.75) is 5.92 Å². The summed E-state index contributed by atoms with van der Waals surface area (Å²) < 4.78 is 40.6. The number of anilines is 1. The van der Waals surface area contributed by atoms with Crippen LogP contribution < -0.4 is 5.32 Å². The number of alkyl halides is 2. The van der Waals surface area contributed by atoms with E-state index in [2.05, 4.69) is 5.32 Å². The average Bonchev–Trinajstić information content (AvgIpc) is 2.39.